The van der Waals surface area contributed by atoms with Crippen molar-refractivity contribution in [3.8, 4) is 0 Å². The maximum absolute atomic E-state index is 10.8. The SMILES string of the molecule is C=CCC1CCC(c2ccc(C(=O)O)cc2)CC1. The van der Waals surface area contributed by atoms with Crippen LogP contribution in [0.5, 0.6) is 0 Å². The highest BCUT2D eigenvalue weighted by Gasteiger charge is 2.21. The summed E-state index contributed by atoms with van der Waals surface area (Å²) in [6.07, 6.45) is 8.10. The van der Waals surface area contributed by atoms with Crippen LogP contribution in [-0.2, 0) is 0 Å². The smallest absolute Gasteiger partial charge is 0.335 e. The molecule has 0 radical (unpaired) electrons. The molecule has 0 aromatic heterocycles. The first-order valence-electron chi connectivity index (χ1n) is 6.65. The van der Waals surface area contributed by atoms with Crippen molar-refractivity contribution in [2.75, 3.05) is 0 Å². The predicted molar refractivity (Wildman–Crippen MR) is 72.9 cm³/mol. The number of hydrogen-bond acceptors (Lipinski definition) is 1. The number of carboxylic acids is 1. The van der Waals surface area contributed by atoms with Gasteiger partial charge in [0.2, 0.25) is 0 Å². The van der Waals surface area contributed by atoms with E-state index >= 15 is 0 Å². The normalized spacial score (nSPS) is 23.6. The predicted octanol–water partition coefficient (Wildman–Crippen LogP) is 4.23. The van der Waals surface area contributed by atoms with E-state index in [4.69, 9.17) is 5.11 Å². The van der Waals surface area contributed by atoms with Gasteiger partial charge in [0.25, 0.3) is 0 Å². The van der Waals surface area contributed by atoms with Crippen LogP contribution in [-0.4, -0.2) is 11.1 Å². The lowest BCUT2D eigenvalue weighted by Crippen LogP contribution is -2.13. The summed E-state index contributed by atoms with van der Waals surface area (Å²) in [6, 6.07) is 7.38. The molecule has 1 aliphatic carbocycles. The molecule has 0 atom stereocenters. The average molecular weight is 244 g/mol. The molecule has 1 aliphatic rings. The van der Waals surface area contributed by atoms with E-state index in [2.05, 4.69) is 6.58 Å². The van der Waals surface area contributed by atoms with E-state index in [-0.39, 0.29) is 0 Å². The summed E-state index contributed by atoms with van der Waals surface area (Å²) in [6.45, 7) is 3.80. The highest BCUT2D eigenvalue weighted by atomic mass is 16.4. The standard InChI is InChI=1S/C16H20O2/c1-2-3-12-4-6-13(7-5-12)14-8-10-15(11-9-14)16(17)18/h2,8-13H,1,3-7H2,(H,17,18). The Labute approximate surface area is 108 Å². The Morgan fingerprint density at radius 3 is 2.33 bits per heavy atom. The lowest BCUT2D eigenvalue weighted by molar-refractivity contribution is 0.0697. The van der Waals surface area contributed by atoms with Gasteiger partial charge in [0.1, 0.15) is 0 Å². The van der Waals surface area contributed by atoms with Crippen LogP contribution < -0.4 is 0 Å². The molecule has 1 N–H and O–H groups in total. The Morgan fingerprint density at radius 2 is 1.83 bits per heavy atom. The van der Waals surface area contributed by atoms with E-state index < -0.39 is 5.97 Å². The molecule has 0 spiro atoms. The van der Waals surface area contributed by atoms with Gasteiger partial charge in [0.05, 0.1) is 5.56 Å². The minimum absolute atomic E-state index is 0.374. The molecule has 0 unspecified atom stereocenters. The Balaban J connectivity index is 1.97. The topological polar surface area (TPSA) is 37.3 Å². The van der Waals surface area contributed by atoms with E-state index in [0.717, 1.165) is 12.3 Å². The molecule has 96 valence electrons. The molecule has 0 heterocycles. The van der Waals surface area contributed by atoms with Crippen LogP contribution in [0.1, 0.15) is 53.9 Å². The number of carboxylic acid groups (broad SMARTS) is 1. The summed E-state index contributed by atoms with van der Waals surface area (Å²) >= 11 is 0. The first-order valence-corrected chi connectivity index (χ1v) is 6.65. The van der Waals surface area contributed by atoms with Gasteiger partial charge in [-0.05, 0) is 61.6 Å². The molecule has 0 bridgehead atoms. The van der Waals surface area contributed by atoms with Crippen LogP contribution in [0.15, 0.2) is 36.9 Å². The molecule has 1 aromatic carbocycles. The minimum Gasteiger partial charge on any atom is -0.478 e. The van der Waals surface area contributed by atoms with Gasteiger partial charge in [-0.3, -0.25) is 0 Å². The summed E-state index contributed by atoms with van der Waals surface area (Å²) in [5.74, 6) is 0.558. The van der Waals surface area contributed by atoms with Gasteiger partial charge < -0.3 is 5.11 Å². The molecule has 1 aromatic rings. The Morgan fingerprint density at radius 1 is 1.22 bits per heavy atom. The molecule has 18 heavy (non-hydrogen) atoms. The Hall–Kier alpha value is -1.57. The highest BCUT2D eigenvalue weighted by molar-refractivity contribution is 5.87. The molecule has 2 rings (SSSR count). The van der Waals surface area contributed by atoms with E-state index in [0.29, 0.717) is 11.5 Å². The zero-order valence-electron chi connectivity index (χ0n) is 10.6. The third kappa shape index (κ3) is 3.00. The number of carbonyl (C=O) groups is 1. The van der Waals surface area contributed by atoms with E-state index in [1.54, 1.807) is 12.1 Å². The summed E-state index contributed by atoms with van der Waals surface area (Å²) in [5.41, 5.74) is 1.66. The monoisotopic (exact) mass is 244 g/mol. The molecular formula is C16H20O2. The van der Waals surface area contributed by atoms with Crippen LogP contribution in [0.25, 0.3) is 0 Å². The molecule has 1 saturated carbocycles. The fourth-order valence-corrected chi connectivity index (χ4v) is 2.87. The highest BCUT2D eigenvalue weighted by Crippen LogP contribution is 2.37. The van der Waals surface area contributed by atoms with E-state index in [9.17, 15) is 4.79 Å². The zero-order valence-corrected chi connectivity index (χ0v) is 10.6. The largest absolute Gasteiger partial charge is 0.478 e. The van der Waals surface area contributed by atoms with Crippen LogP contribution in [0.3, 0.4) is 0 Å². The van der Waals surface area contributed by atoms with Crippen molar-refractivity contribution in [1.29, 1.82) is 0 Å². The number of allylic oxidation sites excluding steroid dienone is 1. The fraction of sp³-hybridized carbons (Fsp3) is 0.438. The zero-order chi connectivity index (χ0) is 13.0. The van der Waals surface area contributed by atoms with Crippen molar-refractivity contribution in [2.45, 2.75) is 38.0 Å². The first-order chi connectivity index (χ1) is 8.70. The van der Waals surface area contributed by atoms with Crippen molar-refractivity contribution < 1.29 is 9.90 Å². The molecule has 2 nitrogen and oxygen atoms in total. The maximum atomic E-state index is 10.8. The third-order valence-electron chi connectivity index (χ3n) is 3.98. The van der Waals surface area contributed by atoms with Gasteiger partial charge in [-0.15, -0.1) is 6.58 Å². The summed E-state index contributed by atoms with van der Waals surface area (Å²) in [5, 5.41) is 8.87. The molecule has 0 aliphatic heterocycles. The Bertz CT molecular complexity index is 411. The molecule has 1 fully saturated rings. The van der Waals surface area contributed by atoms with Gasteiger partial charge in [0.15, 0.2) is 0 Å². The van der Waals surface area contributed by atoms with E-state index in [1.165, 1.54) is 31.2 Å². The lowest BCUT2D eigenvalue weighted by atomic mass is 9.77. The summed E-state index contributed by atoms with van der Waals surface area (Å²) < 4.78 is 0. The molecular weight excluding hydrogens is 224 g/mol. The number of benzene rings is 1. The van der Waals surface area contributed by atoms with E-state index in [1.807, 2.05) is 18.2 Å². The molecule has 0 saturated heterocycles. The molecule has 2 heteroatoms. The minimum atomic E-state index is -0.851. The Kier molecular flexibility index (Phi) is 4.19. The second-order valence-corrected chi connectivity index (χ2v) is 5.17. The quantitative estimate of drug-likeness (QED) is 0.804. The second kappa shape index (κ2) is 5.85. The van der Waals surface area contributed by atoms with Crippen LogP contribution >= 0.6 is 0 Å². The van der Waals surface area contributed by atoms with Gasteiger partial charge in [-0.2, -0.15) is 0 Å². The van der Waals surface area contributed by atoms with Gasteiger partial charge >= 0.3 is 5.97 Å². The van der Waals surface area contributed by atoms with Gasteiger partial charge in [-0.1, -0.05) is 18.2 Å². The van der Waals surface area contributed by atoms with Crippen molar-refractivity contribution in [2.24, 2.45) is 5.92 Å². The fourth-order valence-electron chi connectivity index (χ4n) is 2.87. The number of hydrogen-bond donors (Lipinski definition) is 1. The summed E-state index contributed by atoms with van der Waals surface area (Å²) in [7, 11) is 0. The van der Waals surface area contributed by atoms with Crippen molar-refractivity contribution >= 4 is 5.97 Å². The van der Waals surface area contributed by atoms with Gasteiger partial charge in [0, 0.05) is 0 Å². The lowest BCUT2D eigenvalue weighted by Gasteiger charge is -2.28. The number of aromatic carboxylic acids is 1. The van der Waals surface area contributed by atoms with Crippen LogP contribution in [0.4, 0.5) is 0 Å². The second-order valence-electron chi connectivity index (χ2n) is 5.17. The van der Waals surface area contributed by atoms with Crippen LogP contribution in [0.2, 0.25) is 0 Å². The maximum Gasteiger partial charge on any atom is 0.335 e. The van der Waals surface area contributed by atoms with Crippen molar-refractivity contribution in [3.63, 3.8) is 0 Å². The average Bonchev–Trinajstić information content (AvgIpc) is 2.40. The third-order valence-corrected chi connectivity index (χ3v) is 3.98. The van der Waals surface area contributed by atoms with Crippen LogP contribution in [0, 0.1) is 5.92 Å². The van der Waals surface area contributed by atoms with Gasteiger partial charge in [-0.25, -0.2) is 4.79 Å². The van der Waals surface area contributed by atoms with Crippen molar-refractivity contribution in [1.82, 2.24) is 0 Å². The number of rotatable bonds is 4. The summed E-state index contributed by atoms with van der Waals surface area (Å²) in [4.78, 5) is 10.8. The first kappa shape index (κ1) is 12.9. The molecule has 0 amide bonds. The van der Waals surface area contributed by atoms with Crippen molar-refractivity contribution in [3.05, 3.63) is 48.0 Å².